The van der Waals surface area contributed by atoms with Crippen LogP contribution < -0.4 is 0 Å². The fourth-order valence-electron chi connectivity index (χ4n) is 7.71. The summed E-state index contributed by atoms with van der Waals surface area (Å²) in [5, 5.41) is 12.1. The molecule has 4 aromatic carbocycles. The van der Waals surface area contributed by atoms with Crippen molar-refractivity contribution in [1.29, 1.82) is 0 Å². The normalized spacial score (nSPS) is 34.0. The SMILES string of the molecule is CO[C@@H]1C(OC(=O)c2ccccc2)[C@H](C[C@@H]2C(O)[C@H](OCc3ccccc3)OC3COC(c4ccccc4)O[C@H]32)OC2COC(c3ccccc3)O[C@H]21. The maximum atomic E-state index is 13.7. The van der Waals surface area contributed by atoms with Gasteiger partial charge in [0.05, 0.1) is 37.6 Å². The number of fused-ring (bicyclic) bond motifs is 2. The van der Waals surface area contributed by atoms with Crippen LogP contribution in [0.25, 0.3) is 0 Å². The minimum atomic E-state index is -1.14. The van der Waals surface area contributed by atoms with Crippen molar-refractivity contribution in [3.63, 3.8) is 0 Å². The van der Waals surface area contributed by atoms with Crippen LogP contribution in [0.2, 0.25) is 0 Å². The Morgan fingerprint density at radius 1 is 0.679 bits per heavy atom. The number of hydrogen-bond acceptors (Lipinski definition) is 11. The van der Waals surface area contributed by atoms with Gasteiger partial charge in [-0.15, -0.1) is 0 Å². The van der Waals surface area contributed by atoms with Gasteiger partial charge in [0, 0.05) is 24.2 Å². The van der Waals surface area contributed by atoms with E-state index in [4.69, 9.17) is 42.6 Å². The minimum absolute atomic E-state index is 0.205. The molecular weight excluding hydrogens is 680 g/mol. The molecule has 1 N–H and O–H groups in total. The topological polar surface area (TPSA) is 120 Å². The van der Waals surface area contributed by atoms with E-state index in [2.05, 4.69) is 0 Å². The number of esters is 1. The number of methoxy groups -OCH3 is 1. The number of aliphatic hydroxyl groups is 1. The highest BCUT2D eigenvalue weighted by Gasteiger charge is 2.56. The predicted molar refractivity (Wildman–Crippen MR) is 189 cm³/mol. The second-order valence-corrected chi connectivity index (χ2v) is 13.7. The summed E-state index contributed by atoms with van der Waals surface area (Å²) in [4.78, 5) is 13.7. The van der Waals surface area contributed by atoms with Gasteiger partial charge in [-0.2, -0.15) is 0 Å². The first-order valence-corrected chi connectivity index (χ1v) is 18.1. The van der Waals surface area contributed by atoms with Gasteiger partial charge < -0.3 is 47.7 Å². The Balaban J connectivity index is 1.09. The van der Waals surface area contributed by atoms with Gasteiger partial charge in [0.15, 0.2) is 25.0 Å². The van der Waals surface area contributed by atoms with Crippen molar-refractivity contribution in [2.45, 2.75) is 80.7 Å². The summed E-state index contributed by atoms with van der Waals surface area (Å²) >= 11 is 0. The Hall–Kier alpha value is -4.01. The molecule has 8 rings (SSSR count). The average Bonchev–Trinajstić information content (AvgIpc) is 3.22. The molecule has 11 heteroatoms. The third-order valence-electron chi connectivity index (χ3n) is 10.4. The van der Waals surface area contributed by atoms with Gasteiger partial charge in [-0.3, -0.25) is 0 Å². The molecule has 278 valence electrons. The summed E-state index contributed by atoms with van der Waals surface area (Å²) in [6.45, 7) is 0.654. The third kappa shape index (κ3) is 7.95. The van der Waals surface area contributed by atoms with Gasteiger partial charge in [-0.25, -0.2) is 4.79 Å². The van der Waals surface area contributed by atoms with Crippen LogP contribution >= 0.6 is 0 Å². The molecule has 0 bridgehead atoms. The van der Waals surface area contributed by atoms with Gasteiger partial charge >= 0.3 is 5.97 Å². The fraction of sp³-hybridized carbons (Fsp3) is 0.405. The van der Waals surface area contributed by atoms with E-state index in [9.17, 15) is 9.90 Å². The summed E-state index contributed by atoms with van der Waals surface area (Å²) in [6, 6.07) is 37.8. The molecule has 4 heterocycles. The van der Waals surface area contributed by atoms with Crippen LogP contribution in [0.15, 0.2) is 121 Å². The first-order valence-electron chi connectivity index (χ1n) is 18.1. The van der Waals surface area contributed by atoms with E-state index in [-0.39, 0.29) is 26.2 Å². The van der Waals surface area contributed by atoms with E-state index in [0.29, 0.717) is 5.56 Å². The van der Waals surface area contributed by atoms with E-state index in [1.165, 1.54) is 0 Å². The Labute approximate surface area is 308 Å². The molecule has 0 amide bonds. The van der Waals surface area contributed by atoms with Crippen LogP contribution in [-0.4, -0.2) is 86.5 Å². The number of aliphatic hydroxyl groups excluding tert-OH is 1. The van der Waals surface area contributed by atoms with Crippen LogP contribution in [-0.2, 0) is 49.2 Å². The molecule has 0 spiro atoms. The zero-order valence-electron chi connectivity index (χ0n) is 29.3. The number of carbonyl (C=O) groups is 1. The van der Waals surface area contributed by atoms with Crippen molar-refractivity contribution in [2.24, 2.45) is 5.92 Å². The maximum Gasteiger partial charge on any atom is 0.338 e. The molecule has 53 heavy (non-hydrogen) atoms. The standard InChI is InChI=1S/C42H44O11/c1-45-38-36(51-39(44)27-16-8-3-9-17-27)31(49-33-25-48-41(53-37(33)38)29-20-12-5-13-21-29)22-30-34(43)42(46-23-26-14-6-2-7-15-26)50-32-24-47-40(52-35(30)32)28-18-10-4-11-19-28/h2-21,30-38,40-43H,22-25H2,1H3/t30-,31+,32?,33?,34?,35+,36?,37-,38-,40?,41?,42-/m1/s1. The number of hydrogen-bond donors (Lipinski definition) is 1. The summed E-state index contributed by atoms with van der Waals surface area (Å²) in [7, 11) is 1.57. The lowest BCUT2D eigenvalue weighted by Gasteiger charge is -2.52. The summed E-state index contributed by atoms with van der Waals surface area (Å²) in [5.41, 5.74) is 3.02. The van der Waals surface area contributed by atoms with Gasteiger partial charge in [0.1, 0.15) is 30.5 Å². The highest BCUT2D eigenvalue weighted by atomic mass is 16.8. The lowest BCUT2D eigenvalue weighted by atomic mass is 9.80. The Morgan fingerprint density at radius 2 is 1.23 bits per heavy atom. The summed E-state index contributed by atoms with van der Waals surface area (Å²) < 4.78 is 57.2. The maximum absolute atomic E-state index is 13.7. The van der Waals surface area contributed by atoms with E-state index < -0.39 is 79.6 Å². The van der Waals surface area contributed by atoms with Crippen molar-refractivity contribution in [3.05, 3.63) is 144 Å². The molecule has 6 unspecified atom stereocenters. The largest absolute Gasteiger partial charge is 0.453 e. The molecule has 4 aliphatic heterocycles. The van der Waals surface area contributed by atoms with Crippen LogP contribution in [0.4, 0.5) is 0 Å². The lowest BCUT2D eigenvalue weighted by molar-refractivity contribution is -0.363. The van der Waals surface area contributed by atoms with Crippen molar-refractivity contribution in [2.75, 3.05) is 20.3 Å². The van der Waals surface area contributed by atoms with Crippen molar-refractivity contribution in [3.8, 4) is 0 Å². The first-order chi connectivity index (χ1) is 26.1. The Kier molecular flexibility index (Phi) is 11.2. The van der Waals surface area contributed by atoms with Crippen molar-refractivity contribution < 1.29 is 52.5 Å². The predicted octanol–water partition coefficient (Wildman–Crippen LogP) is 5.53. The zero-order chi connectivity index (χ0) is 36.1. The molecule has 12 atom stereocenters. The molecule has 0 saturated carbocycles. The number of carbonyl (C=O) groups excluding carboxylic acids is 1. The third-order valence-corrected chi connectivity index (χ3v) is 10.4. The summed E-state index contributed by atoms with van der Waals surface area (Å²) in [6.07, 6.45) is -8.03. The smallest absolute Gasteiger partial charge is 0.338 e. The van der Waals surface area contributed by atoms with Gasteiger partial charge in [-0.05, 0) is 24.1 Å². The minimum Gasteiger partial charge on any atom is -0.453 e. The molecule has 0 aliphatic carbocycles. The quantitative estimate of drug-likeness (QED) is 0.208. The zero-order valence-corrected chi connectivity index (χ0v) is 29.3. The number of benzene rings is 4. The summed E-state index contributed by atoms with van der Waals surface area (Å²) in [5.74, 6) is -1.12. The van der Waals surface area contributed by atoms with E-state index in [0.717, 1.165) is 16.7 Å². The highest BCUT2D eigenvalue weighted by Crippen LogP contribution is 2.43. The number of ether oxygens (including phenoxy) is 9. The van der Waals surface area contributed by atoms with E-state index in [1.807, 2.05) is 97.1 Å². The van der Waals surface area contributed by atoms with Crippen LogP contribution in [0, 0.1) is 5.92 Å². The van der Waals surface area contributed by atoms with Crippen LogP contribution in [0.1, 0.15) is 46.0 Å². The Bertz CT molecular complexity index is 1750. The fourth-order valence-corrected chi connectivity index (χ4v) is 7.71. The Morgan fingerprint density at radius 3 is 1.83 bits per heavy atom. The average molecular weight is 725 g/mol. The van der Waals surface area contributed by atoms with Crippen molar-refractivity contribution in [1.82, 2.24) is 0 Å². The van der Waals surface area contributed by atoms with E-state index in [1.54, 1.807) is 31.4 Å². The highest BCUT2D eigenvalue weighted by molar-refractivity contribution is 5.89. The molecule has 0 radical (unpaired) electrons. The second kappa shape index (κ2) is 16.6. The molecule has 4 aromatic rings. The van der Waals surface area contributed by atoms with E-state index >= 15 is 0 Å². The second-order valence-electron chi connectivity index (χ2n) is 13.7. The monoisotopic (exact) mass is 724 g/mol. The van der Waals surface area contributed by atoms with Crippen LogP contribution in [0.3, 0.4) is 0 Å². The molecule has 4 saturated heterocycles. The molecule has 4 aliphatic rings. The number of rotatable bonds is 10. The molecular formula is C42H44O11. The first kappa shape index (κ1) is 36.0. The van der Waals surface area contributed by atoms with Crippen molar-refractivity contribution >= 4 is 5.97 Å². The van der Waals surface area contributed by atoms with Gasteiger partial charge in [-0.1, -0.05) is 109 Å². The molecule has 4 fully saturated rings. The van der Waals surface area contributed by atoms with Crippen LogP contribution in [0.5, 0.6) is 0 Å². The molecule has 0 aromatic heterocycles. The van der Waals surface area contributed by atoms with Gasteiger partial charge in [0.25, 0.3) is 0 Å². The molecule has 11 nitrogen and oxygen atoms in total. The lowest BCUT2D eigenvalue weighted by Crippen LogP contribution is -2.65. The van der Waals surface area contributed by atoms with Gasteiger partial charge in [0.2, 0.25) is 0 Å².